The molecule has 0 bridgehead atoms. The number of rotatable bonds is 5. The Hall–Kier alpha value is -2.37. The van der Waals surface area contributed by atoms with Crippen molar-refractivity contribution in [2.45, 2.75) is 39.2 Å². The molecule has 6 nitrogen and oxygen atoms in total. The van der Waals surface area contributed by atoms with Crippen LogP contribution in [-0.4, -0.2) is 48.9 Å². The zero-order valence-corrected chi connectivity index (χ0v) is 14.4. The lowest BCUT2D eigenvalue weighted by Gasteiger charge is -2.28. The van der Waals surface area contributed by atoms with Gasteiger partial charge in [0, 0.05) is 30.3 Å². The van der Waals surface area contributed by atoms with Crippen LogP contribution >= 0.6 is 0 Å². The van der Waals surface area contributed by atoms with Crippen molar-refractivity contribution in [1.82, 2.24) is 4.90 Å². The van der Waals surface area contributed by atoms with Crippen LogP contribution in [0.3, 0.4) is 0 Å². The third kappa shape index (κ3) is 4.13. The maximum absolute atomic E-state index is 12.6. The summed E-state index contributed by atoms with van der Waals surface area (Å²) in [7, 11) is 1.30. The van der Waals surface area contributed by atoms with Crippen LogP contribution in [-0.2, 0) is 14.3 Å². The van der Waals surface area contributed by atoms with E-state index in [9.17, 15) is 14.4 Å². The Kier molecular flexibility index (Phi) is 5.95. The molecule has 24 heavy (non-hydrogen) atoms. The minimum atomic E-state index is -0.451. The van der Waals surface area contributed by atoms with Crippen molar-refractivity contribution in [2.75, 3.05) is 25.1 Å². The third-order valence-electron chi connectivity index (χ3n) is 4.16. The average Bonchev–Trinajstić information content (AvgIpc) is 2.59. The van der Waals surface area contributed by atoms with Crippen LogP contribution in [0, 0.1) is 0 Å². The van der Waals surface area contributed by atoms with Crippen molar-refractivity contribution < 1.29 is 19.1 Å². The Balaban J connectivity index is 2.14. The minimum Gasteiger partial charge on any atom is -0.468 e. The molecule has 0 radical (unpaired) electrons. The molecule has 2 amide bonds. The summed E-state index contributed by atoms with van der Waals surface area (Å²) < 4.78 is 4.65. The van der Waals surface area contributed by atoms with Gasteiger partial charge in [-0.05, 0) is 51.0 Å². The van der Waals surface area contributed by atoms with E-state index < -0.39 is 5.97 Å². The fourth-order valence-corrected chi connectivity index (χ4v) is 2.72. The van der Waals surface area contributed by atoms with Gasteiger partial charge in [-0.3, -0.25) is 14.4 Å². The fraction of sp³-hybridized carbons (Fsp3) is 0.500. The van der Waals surface area contributed by atoms with Gasteiger partial charge in [0.15, 0.2) is 0 Å². The highest BCUT2D eigenvalue weighted by Gasteiger charge is 2.23. The smallest absolute Gasteiger partial charge is 0.325 e. The molecule has 0 unspecified atom stereocenters. The van der Waals surface area contributed by atoms with Gasteiger partial charge in [0.25, 0.3) is 5.91 Å². The van der Waals surface area contributed by atoms with Gasteiger partial charge >= 0.3 is 5.97 Å². The van der Waals surface area contributed by atoms with E-state index in [1.165, 1.54) is 12.0 Å². The summed E-state index contributed by atoms with van der Waals surface area (Å²) in [6.45, 7) is 4.33. The van der Waals surface area contributed by atoms with Crippen LogP contribution in [0.15, 0.2) is 24.3 Å². The molecule has 1 aliphatic heterocycles. The van der Waals surface area contributed by atoms with E-state index in [2.05, 4.69) is 4.74 Å². The number of anilines is 1. The van der Waals surface area contributed by atoms with E-state index in [0.717, 1.165) is 18.5 Å². The van der Waals surface area contributed by atoms with Crippen molar-refractivity contribution in [3.05, 3.63) is 29.8 Å². The highest BCUT2D eigenvalue weighted by Crippen LogP contribution is 2.22. The summed E-state index contributed by atoms with van der Waals surface area (Å²) in [6, 6.07) is 6.85. The predicted octanol–water partition coefficient (Wildman–Crippen LogP) is 2.23. The number of methoxy groups -OCH3 is 1. The molecule has 6 heteroatoms. The largest absolute Gasteiger partial charge is 0.468 e. The molecule has 1 fully saturated rings. The first kappa shape index (κ1) is 18.0. The molecule has 0 atom stereocenters. The topological polar surface area (TPSA) is 66.9 Å². The van der Waals surface area contributed by atoms with Gasteiger partial charge in [-0.15, -0.1) is 0 Å². The maximum atomic E-state index is 12.6. The number of amides is 2. The molecule has 1 saturated heterocycles. The first-order valence-electron chi connectivity index (χ1n) is 8.22. The van der Waals surface area contributed by atoms with Crippen LogP contribution in [0.4, 0.5) is 5.69 Å². The van der Waals surface area contributed by atoms with Gasteiger partial charge in [0.2, 0.25) is 5.91 Å². The van der Waals surface area contributed by atoms with Crippen LogP contribution in [0.2, 0.25) is 0 Å². The highest BCUT2D eigenvalue weighted by molar-refractivity contribution is 5.98. The molecule has 0 aliphatic carbocycles. The van der Waals surface area contributed by atoms with Crippen molar-refractivity contribution in [3.8, 4) is 0 Å². The monoisotopic (exact) mass is 332 g/mol. The van der Waals surface area contributed by atoms with Crippen molar-refractivity contribution in [1.29, 1.82) is 0 Å². The summed E-state index contributed by atoms with van der Waals surface area (Å²) in [5, 5.41) is 0. The maximum Gasteiger partial charge on any atom is 0.325 e. The molecule has 0 aromatic heterocycles. The number of esters is 1. The van der Waals surface area contributed by atoms with Gasteiger partial charge in [0.05, 0.1) is 7.11 Å². The molecular weight excluding hydrogens is 308 g/mol. The first-order chi connectivity index (χ1) is 11.4. The number of ether oxygens (including phenoxy) is 1. The van der Waals surface area contributed by atoms with E-state index in [0.29, 0.717) is 18.5 Å². The second kappa shape index (κ2) is 7.95. The van der Waals surface area contributed by atoms with E-state index in [-0.39, 0.29) is 24.4 Å². The number of hydrogen-bond acceptors (Lipinski definition) is 4. The Morgan fingerprint density at radius 3 is 2.42 bits per heavy atom. The SMILES string of the molecule is COC(=O)CN(C(=O)c1ccc(N2CCCCC2=O)cc1)C(C)C. The van der Waals surface area contributed by atoms with Crippen molar-refractivity contribution in [3.63, 3.8) is 0 Å². The van der Waals surface area contributed by atoms with Crippen LogP contribution in [0.5, 0.6) is 0 Å². The highest BCUT2D eigenvalue weighted by atomic mass is 16.5. The van der Waals surface area contributed by atoms with Crippen molar-refractivity contribution >= 4 is 23.5 Å². The zero-order chi connectivity index (χ0) is 17.7. The lowest BCUT2D eigenvalue weighted by molar-refractivity contribution is -0.141. The van der Waals surface area contributed by atoms with Gasteiger partial charge in [-0.25, -0.2) is 0 Å². The van der Waals surface area contributed by atoms with E-state index >= 15 is 0 Å². The quantitative estimate of drug-likeness (QED) is 0.776. The van der Waals surface area contributed by atoms with E-state index in [1.807, 2.05) is 13.8 Å². The van der Waals surface area contributed by atoms with Gasteiger partial charge < -0.3 is 14.5 Å². The number of hydrogen-bond donors (Lipinski definition) is 0. The minimum absolute atomic E-state index is 0.0840. The normalized spacial score (nSPS) is 14.7. The second-order valence-electron chi connectivity index (χ2n) is 6.15. The fourth-order valence-electron chi connectivity index (χ4n) is 2.72. The number of carbonyl (C=O) groups is 3. The van der Waals surface area contributed by atoms with Crippen molar-refractivity contribution in [2.24, 2.45) is 0 Å². The molecule has 2 rings (SSSR count). The summed E-state index contributed by atoms with van der Waals surface area (Å²) in [6.07, 6.45) is 2.50. The Labute approximate surface area is 142 Å². The van der Waals surface area contributed by atoms with Crippen LogP contribution in [0.1, 0.15) is 43.5 Å². The number of benzene rings is 1. The third-order valence-corrected chi connectivity index (χ3v) is 4.16. The molecule has 130 valence electrons. The molecule has 1 aromatic rings. The van der Waals surface area contributed by atoms with Gasteiger partial charge in [-0.1, -0.05) is 0 Å². The average molecular weight is 332 g/mol. The summed E-state index contributed by atoms with van der Waals surface area (Å²) in [5.41, 5.74) is 1.29. The Morgan fingerprint density at radius 2 is 1.88 bits per heavy atom. The van der Waals surface area contributed by atoms with Crippen LogP contribution in [0.25, 0.3) is 0 Å². The molecule has 1 heterocycles. The predicted molar refractivity (Wildman–Crippen MR) is 90.8 cm³/mol. The molecule has 0 saturated carbocycles. The number of carbonyl (C=O) groups excluding carboxylic acids is 3. The second-order valence-corrected chi connectivity index (χ2v) is 6.15. The van der Waals surface area contributed by atoms with Gasteiger partial charge in [-0.2, -0.15) is 0 Å². The van der Waals surface area contributed by atoms with Crippen LogP contribution < -0.4 is 4.90 Å². The number of piperidine rings is 1. The standard InChI is InChI=1S/C18H24N2O4/c1-13(2)20(12-17(22)24-3)18(23)14-7-9-15(10-8-14)19-11-5-4-6-16(19)21/h7-10,13H,4-6,11-12H2,1-3H3. The summed E-state index contributed by atoms with van der Waals surface area (Å²) in [4.78, 5) is 39.3. The van der Waals surface area contributed by atoms with E-state index in [1.54, 1.807) is 29.2 Å². The Morgan fingerprint density at radius 1 is 1.21 bits per heavy atom. The lowest BCUT2D eigenvalue weighted by atomic mass is 10.1. The lowest BCUT2D eigenvalue weighted by Crippen LogP contribution is -2.41. The van der Waals surface area contributed by atoms with E-state index in [4.69, 9.17) is 0 Å². The summed E-state index contributed by atoms with van der Waals surface area (Å²) >= 11 is 0. The molecule has 0 spiro atoms. The Bertz CT molecular complexity index is 610. The first-order valence-corrected chi connectivity index (χ1v) is 8.22. The molecule has 0 N–H and O–H groups in total. The summed E-state index contributed by atoms with van der Waals surface area (Å²) in [5.74, 6) is -0.561. The van der Waals surface area contributed by atoms with Gasteiger partial charge in [0.1, 0.15) is 6.54 Å². The number of nitrogens with zero attached hydrogens (tertiary/aromatic N) is 2. The molecule has 1 aliphatic rings. The zero-order valence-electron chi connectivity index (χ0n) is 14.4. The molecule has 1 aromatic carbocycles. The molecular formula is C18H24N2O4.